The summed E-state index contributed by atoms with van der Waals surface area (Å²) in [5.41, 5.74) is 2.18. The average molecular weight is 259 g/mol. The van der Waals surface area contributed by atoms with Crippen molar-refractivity contribution in [2.75, 3.05) is 17.7 Å². The number of aryl methyl sites for hydroxylation is 2. The fourth-order valence-electron chi connectivity index (χ4n) is 1.80. The fraction of sp³-hybridized carbons (Fsp3) is 0.308. The quantitative estimate of drug-likeness (QED) is 0.876. The minimum Gasteiger partial charge on any atom is -0.373 e. The first-order valence-corrected chi connectivity index (χ1v) is 6.11. The summed E-state index contributed by atoms with van der Waals surface area (Å²) in [6.45, 7) is 2.00. The van der Waals surface area contributed by atoms with Crippen LogP contribution in [0.5, 0.6) is 0 Å². The first-order valence-electron chi connectivity index (χ1n) is 6.11. The molecule has 1 amide bonds. The third-order valence-corrected chi connectivity index (χ3v) is 2.77. The Morgan fingerprint density at radius 1 is 1.47 bits per heavy atom. The van der Waals surface area contributed by atoms with Gasteiger partial charge in [-0.3, -0.25) is 9.48 Å². The van der Waals surface area contributed by atoms with Gasteiger partial charge in [-0.05, 0) is 18.6 Å². The summed E-state index contributed by atoms with van der Waals surface area (Å²) in [4.78, 5) is 16.2. The van der Waals surface area contributed by atoms with Crippen molar-refractivity contribution < 1.29 is 4.79 Å². The van der Waals surface area contributed by atoms with E-state index in [1.54, 1.807) is 36.3 Å². The van der Waals surface area contributed by atoms with Crippen LogP contribution in [0.15, 0.2) is 24.5 Å². The summed E-state index contributed by atoms with van der Waals surface area (Å²) < 4.78 is 1.69. The van der Waals surface area contributed by atoms with Crippen molar-refractivity contribution in [2.45, 2.75) is 13.3 Å². The molecule has 19 heavy (non-hydrogen) atoms. The Labute approximate surface area is 111 Å². The van der Waals surface area contributed by atoms with Gasteiger partial charge >= 0.3 is 0 Å². The number of hydrogen-bond acceptors (Lipinski definition) is 4. The van der Waals surface area contributed by atoms with Crippen molar-refractivity contribution in [2.24, 2.45) is 7.05 Å². The van der Waals surface area contributed by atoms with Crippen LogP contribution in [-0.2, 0) is 13.5 Å². The maximum absolute atomic E-state index is 12.2. The van der Waals surface area contributed by atoms with Crippen LogP contribution in [0.4, 0.5) is 11.5 Å². The van der Waals surface area contributed by atoms with Crippen LogP contribution in [0.1, 0.15) is 23.0 Å². The smallest absolute Gasteiger partial charge is 0.255 e. The first-order chi connectivity index (χ1) is 9.13. The van der Waals surface area contributed by atoms with Gasteiger partial charge in [0.2, 0.25) is 0 Å². The highest BCUT2D eigenvalue weighted by atomic mass is 16.1. The molecule has 100 valence electrons. The van der Waals surface area contributed by atoms with Crippen molar-refractivity contribution in [3.05, 3.63) is 35.8 Å². The van der Waals surface area contributed by atoms with Gasteiger partial charge in [-0.2, -0.15) is 5.10 Å². The van der Waals surface area contributed by atoms with Crippen LogP contribution in [0.3, 0.4) is 0 Å². The first kappa shape index (κ1) is 13.1. The number of carbonyl (C=O) groups excluding carboxylic acids is 1. The van der Waals surface area contributed by atoms with Gasteiger partial charge in [0, 0.05) is 32.1 Å². The van der Waals surface area contributed by atoms with Gasteiger partial charge in [0.1, 0.15) is 5.82 Å². The Balaban J connectivity index is 2.20. The summed E-state index contributed by atoms with van der Waals surface area (Å²) in [7, 11) is 3.60. The predicted octanol–water partition coefficient (Wildman–Crippen LogP) is 1.67. The predicted molar refractivity (Wildman–Crippen MR) is 74.3 cm³/mol. The van der Waals surface area contributed by atoms with Crippen molar-refractivity contribution >= 4 is 17.4 Å². The van der Waals surface area contributed by atoms with Crippen LogP contribution in [-0.4, -0.2) is 27.7 Å². The van der Waals surface area contributed by atoms with Gasteiger partial charge in [0.05, 0.1) is 11.4 Å². The molecule has 2 aromatic rings. The van der Waals surface area contributed by atoms with Crippen molar-refractivity contribution in [1.82, 2.24) is 14.8 Å². The Morgan fingerprint density at radius 2 is 2.26 bits per heavy atom. The SMILES string of the molecule is CCc1nn(C)cc1NC(=O)c1ccnc(NC)c1. The number of aromatic nitrogens is 3. The molecule has 0 bridgehead atoms. The number of pyridine rings is 1. The largest absolute Gasteiger partial charge is 0.373 e. The van der Waals surface area contributed by atoms with E-state index in [4.69, 9.17) is 0 Å². The van der Waals surface area contributed by atoms with E-state index in [1.807, 2.05) is 14.0 Å². The van der Waals surface area contributed by atoms with Crippen molar-refractivity contribution in [3.8, 4) is 0 Å². The molecular weight excluding hydrogens is 242 g/mol. The van der Waals surface area contributed by atoms with Gasteiger partial charge in [-0.1, -0.05) is 6.92 Å². The van der Waals surface area contributed by atoms with Gasteiger partial charge < -0.3 is 10.6 Å². The molecule has 0 aliphatic heterocycles. The summed E-state index contributed by atoms with van der Waals surface area (Å²) in [5, 5.41) is 10.1. The van der Waals surface area contributed by atoms with E-state index in [9.17, 15) is 4.79 Å². The second-order valence-corrected chi connectivity index (χ2v) is 4.15. The normalized spacial score (nSPS) is 10.3. The van der Waals surface area contributed by atoms with E-state index < -0.39 is 0 Å². The second kappa shape index (κ2) is 5.51. The summed E-state index contributed by atoms with van der Waals surface area (Å²) in [6, 6.07) is 3.38. The Kier molecular flexibility index (Phi) is 3.79. The van der Waals surface area contributed by atoms with Crippen molar-refractivity contribution in [3.63, 3.8) is 0 Å². The highest BCUT2D eigenvalue weighted by molar-refractivity contribution is 6.04. The molecule has 0 unspecified atom stereocenters. The lowest BCUT2D eigenvalue weighted by Gasteiger charge is -2.05. The number of hydrogen-bond donors (Lipinski definition) is 2. The van der Waals surface area contributed by atoms with Crippen LogP contribution in [0.25, 0.3) is 0 Å². The van der Waals surface area contributed by atoms with E-state index in [0.29, 0.717) is 11.4 Å². The lowest BCUT2D eigenvalue weighted by molar-refractivity contribution is 0.102. The molecule has 0 spiro atoms. The number of carbonyl (C=O) groups is 1. The lowest BCUT2D eigenvalue weighted by atomic mass is 10.2. The molecule has 0 radical (unpaired) electrons. The molecule has 6 heteroatoms. The molecular formula is C13H17N5O. The zero-order valence-electron chi connectivity index (χ0n) is 11.3. The summed E-state index contributed by atoms with van der Waals surface area (Å²) in [6.07, 6.45) is 4.18. The highest BCUT2D eigenvalue weighted by Gasteiger charge is 2.11. The highest BCUT2D eigenvalue weighted by Crippen LogP contribution is 2.15. The van der Waals surface area contributed by atoms with Crippen molar-refractivity contribution in [1.29, 1.82) is 0 Å². The third-order valence-electron chi connectivity index (χ3n) is 2.77. The molecule has 2 N–H and O–H groups in total. The standard InChI is InChI=1S/C13H17N5O/c1-4-10-11(8-18(3)17-10)16-13(19)9-5-6-15-12(7-9)14-2/h5-8H,4H2,1-3H3,(H,14,15)(H,16,19). The zero-order chi connectivity index (χ0) is 13.8. The number of nitrogens with one attached hydrogen (secondary N) is 2. The van der Waals surface area contributed by atoms with Gasteiger partial charge in [-0.15, -0.1) is 0 Å². The van der Waals surface area contributed by atoms with Gasteiger partial charge in [0.25, 0.3) is 5.91 Å². The van der Waals surface area contributed by atoms with E-state index in [1.165, 1.54) is 0 Å². The van der Waals surface area contributed by atoms with E-state index in [0.717, 1.165) is 17.8 Å². The maximum atomic E-state index is 12.2. The number of amides is 1. The van der Waals surface area contributed by atoms with E-state index in [2.05, 4.69) is 20.7 Å². The second-order valence-electron chi connectivity index (χ2n) is 4.15. The fourth-order valence-corrected chi connectivity index (χ4v) is 1.80. The Hall–Kier alpha value is -2.37. The molecule has 0 saturated carbocycles. The molecule has 6 nitrogen and oxygen atoms in total. The van der Waals surface area contributed by atoms with E-state index >= 15 is 0 Å². The summed E-state index contributed by atoms with van der Waals surface area (Å²) >= 11 is 0. The zero-order valence-corrected chi connectivity index (χ0v) is 11.3. The minimum atomic E-state index is -0.165. The lowest BCUT2D eigenvalue weighted by Crippen LogP contribution is -2.13. The van der Waals surface area contributed by atoms with Gasteiger partial charge in [-0.25, -0.2) is 4.98 Å². The molecule has 2 rings (SSSR count). The van der Waals surface area contributed by atoms with Crippen LogP contribution < -0.4 is 10.6 Å². The van der Waals surface area contributed by atoms with Gasteiger partial charge in [0.15, 0.2) is 0 Å². The molecule has 2 aromatic heterocycles. The maximum Gasteiger partial charge on any atom is 0.255 e. The topological polar surface area (TPSA) is 71.8 Å². The molecule has 0 fully saturated rings. The number of anilines is 2. The Morgan fingerprint density at radius 3 is 2.95 bits per heavy atom. The molecule has 0 aliphatic carbocycles. The number of rotatable bonds is 4. The number of nitrogens with zero attached hydrogens (tertiary/aromatic N) is 3. The molecule has 2 heterocycles. The summed E-state index contributed by atoms with van der Waals surface area (Å²) in [5.74, 6) is 0.496. The third kappa shape index (κ3) is 2.90. The van der Waals surface area contributed by atoms with E-state index in [-0.39, 0.29) is 5.91 Å². The molecule has 0 saturated heterocycles. The van der Waals surface area contributed by atoms with Crippen LogP contribution in [0.2, 0.25) is 0 Å². The monoisotopic (exact) mass is 259 g/mol. The van der Waals surface area contributed by atoms with Crippen LogP contribution >= 0.6 is 0 Å². The molecule has 0 atom stereocenters. The van der Waals surface area contributed by atoms with Crippen LogP contribution in [0, 0.1) is 0 Å². The minimum absolute atomic E-state index is 0.165. The average Bonchev–Trinajstić information content (AvgIpc) is 2.78. The Bertz CT molecular complexity index is 590. The molecule has 0 aromatic carbocycles. The molecule has 0 aliphatic rings.